The minimum absolute atomic E-state index is 0.153. The topological polar surface area (TPSA) is 212 Å². The van der Waals surface area contributed by atoms with Crippen LogP contribution in [0.5, 0.6) is 11.5 Å². The molecule has 4 rings (SSSR count). The average Bonchev–Trinajstić information content (AvgIpc) is 3.00. The van der Waals surface area contributed by atoms with Crippen LogP contribution >= 0.6 is 0 Å². The number of hydrogen-bond donors (Lipinski definition) is 4. The molecule has 3 unspecified atom stereocenters. The van der Waals surface area contributed by atoms with E-state index in [2.05, 4.69) is 12.1 Å². The fraction of sp³-hybridized carbons (Fsp3) is 0.645. The third kappa shape index (κ3) is 12.4. The van der Waals surface area contributed by atoms with Crippen molar-refractivity contribution in [1.29, 1.82) is 0 Å². The van der Waals surface area contributed by atoms with Gasteiger partial charge < -0.3 is 58.9 Å². The maximum Gasteiger partial charge on any atom is 0.410 e. The van der Waals surface area contributed by atoms with Crippen molar-refractivity contribution in [3.63, 3.8) is 0 Å². The minimum atomic E-state index is -2.07. The number of benzene rings is 1. The molecule has 15 heteroatoms. The second-order valence-electron chi connectivity index (χ2n) is 12.7. The summed E-state index contributed by atoms with van der Waals surface area (Å²) < 4.78 is 16.6. The molecule has 1 aromatic carbocycles. The van der Waals surface area contributed by atoms with Crippen LogP contribution in [0.4, 0.5) is 4.79 Å². The van der Waals surface area contributed by atoms with Crippen molar-refractivity contribution < 1.29 is 68.4 Å². The highest BCUT2D eigenvalue weighted by molar-refractivity contribution is 6.26. The molecule has 3 atom stereocenters. The quantitative estimate of drug-likeness (QED) is 0.234. The van der Waals surface area contributed by atoms with E-state index in [-0.39, 0.29) is 6.09 Å². The van der Waals surface area contributed by atoms with Crippen LogP contribution in [0.15, 0.2) is 12.1 Å². The Morgan fingerprint density at radius 3 is 1.89 bits per heavy atom. The van der Waals surface area contributed by atoms with Gasteiger partial charge in [-0.1, -0.05) is 0 Å². The maximum absolute atomic E-state index is 12.4. The van der Waals surface area contributed by atoms with E-state index in [1.54, 1.807) is 24.0 Å². The van der Waals surface area contributed by atoms with Gasteiger partial charge in [-0.05, 0) is 51.3 Å². The molecule has 15 nitrogen and oxygen atoms in total. The number of rotatable bonds is 5. The maximum atomic E-state index is 12.4. The summed E-state index contributed by atoms with van der Waals surface area (Å²) in [6.45, 7) is 13.6. The number of quaternary nitrogens is 2. The number of aliphatic carboxylic acids is 4. The first-order valence-electron chi connectivity index (χ1n) is 15.3. The van der Waals surface area contributed by atoms with Crippen LogP contribution in [0.2, 0.25) is 0 Å². The lowest BCUT2D eigenvalue weighted by Crippen LogP contribution is -3.24. The second kappa shape index (κ2) is 17.5. The number of carbonyl (C=O) groups is 5. The Balaban J connectivity index is 0.000000522. The molecule has 0 radical (unpaired) electrons. The molecule has 0 aliphatic carbocycles. The Morgan fingerprint density at radius 2 is 1.41 bits per heavy atom. The molecule has 1 aromatic rings. The fourth-order valence-corrected chi connectivity index (χ4v) is 6.08. The van der Waals surface area contributed by atoms with E-state index in [1.807, 2.05) is 25.7 Å². The van der Waals surface area contributed by atoms with Crippen LogP contribution < -0.4 is 29.5 Å². The predicted octanol–water partition coefficient (Wildman–Crippen LogP) is -3.02. The van der Waals surface area contributed by atoms with E-state index in [1.165, 1.54) is 50.1 Å². The number of fused-ring (bicyclic) bond motifs is 1. The summed E-state index contributed by atoms with van der Waals surface area (Å²) in [4.78, 5) is 53.8. The van der Waals surface area contributed by atoms with E-state index in [4.69, 9.17) is 53.8 Å². The molecule has 0 spiro atoms. The van der Waals surface area contributed by atoms with Crippen molar-refractivity contribution in [3.8, 4) is 11.5 Å². The van der Waals surface area contributed by atoms with Gasteiger partial charge in [0, 0.05) is 43.8 Å². The van der Waals surface area contributed by atoms with Crippen molar-refractivity contribution >= 4 is 30.0 Å². The van der Waals surface area contributed by atoms with Crippen molar-refractivity contribution in [2.24, 2.45) is 5.92 Å². The Hall–Kier alpha value is -4.11. The van der Waals surface area contributed by atoms with Crippen molar-refractivity contribution in [3.05, 3.63) is 23.3 Å². The van der Waals surface area contributed by atoms with Crippen LogP contribution in [0.25, 0.3) is 0 Å². The number of carboxylic acid groups (broad SMARTS) is 4. The number of carbonyl (C=O) groups excluding carboxylic acids is 3. The van der Waals surface area contributed by atoms with Crippen LogP contribution in [0.1, 0.15) is 57.6 Å². The first-order valence-corrected chi connectivity index (χ1v) is 15.3. The van der Waals surface area contributed by atoms with E-state index in [0.29, 0.717) is 5.92 Å². The number of ether oxygens (including phenoxy) is 3. The molecule has 2 saturated heterocycles. The van der Waals surface area contributed by atoms with Gasteiger partial charge >= 0.3 is 18.0 Å². The van der Waals surface area contributed by atoms with Gasteiger partial charge in [-0.3, -0.25) is 0 Å². The summed E-state index contributed by atoms with van der Waals surface area (Å²) in [6.07, 6.45) is 5.80. The van der Waals surface area contributed by atoms with E-state index < -0.39 is 29.5 Å². The Labute approximate surface area is 268 Å². The molecule has 0 aromatic heterocycles. The number of amides is 1. The van der Waals surface area contributed by atoms with Crippen molar-refractivity contribution in [2.75, 3.05) is 53.5 Å². The van der Waals surface area contributed by atoms with Crippen molar-refractivity contribution in [1.82, 2.24) is 4.90 Å². The molecule has 3 aliphatic heterocycles. The van der Waals surface area contributed by atoms with Gasteiger partial charge in [0.1, 0.15) is 24.7 Å². The van der Waals surface area contributed by atoms with Gasteiger partial charge in [-0.25, -0.2) is 14.4 Å². The smallest absolute Gasteiger partial charge is 0.410 e. The number of methoxy groups -OCH3 is 2. The van der Waals surface area contributed by atoms with E-state index >= 15 is 0 Å². The van der Waals surface area contributed by atoms with E-state index in [9.17, 15) is 4.79 Å². The molecular formula is C31H47N3O12. The number of nitrogens with zero attached hydrogens (tertiary/aromatic N) is 1. The SMILES string of the molecule is COc1cc2c(cc1OC)C[NH+](C1CCC[NH+](CC3CCN(C(=O)OC(C)(C)C)CC3)C1)CC2.O=C([O-])C(=O)O.O=C([O-])C(=O)O. The Bertz CT molecular complexity index is 1180. The van der Waals surface area contributed by atoms with Crippen LogP contribution in [-0.4, -0.2) is 110 Å². The summed E-state index contributed by atoms with van der Waals surface area (Å²) in [7, 11) is 3.43. The predicted molar refractivity (Wildman–Crippen MR) is 157 cm³/mol. The number of likely N-dealkylation sites (tertiary alicyclic amines) is 2. The number of nitrogens with one attached hydrogen (secondary N) is 2. The molecule has 0 bridgehead atoms. The third-order valence-corrected chi connectivity index (χ3v) is 8.23. The lowest BCUT2D eigenvalue weighted by molar-refractivity contribution is -0.994. The number of carboxylic acids is 4. The van der Waals surface area contributed by atoms with Crippen LogP contribution in [0, 0.1) is 5.92 Å². The van der Waals surface area contributed by atoms with Gasteiger partial charge in [0.15, 0.2) is 23.4 Å². The number of hydrogen-bond acceptors (Lipinski definition) is 10. The highest BCUT2D eigenvalue weighted by Crippen LogP contribution is 2.31. The third-order valence-electron chi connectivity index (χ3n) is 8.23. The summed E-state index contributed by atoms with van der Waals surface area (Å²) >= 11 is 0. The van der Waals surface area contributed by atoms with Gasteiger partial charge in [0.05, 0.1) is 33.9 Å². The normalized spacial score (nSPS) is 21.2. The first kappa shape index (κ1) is 38.1. The molecule has 258 valence electrons. The van der Waals surface area contributed by atoms with E-state index in [0.717, 1.165) is 56.4 Å². The van der Waals surface area contributed by atoms with Gasteiger partial charge in [-0.15, -0.1) is 0 Å². The zero-order chi connectivity index (χ0) is 34.6. The number of piperidine rings is 2. The highest BCUT2D eigenvalue weighted by atomic mass is 16.6. The molecule has 0 saturated carbocycles. The minimum Gasteiger partial charge on any atom is -0.539 e. The zero-order valence-corrected chi connectivity index (χ0v) is 27.2. The summed E-state index contributed by atoms with van der Waals surface area (Å²) in [5.74, 6) is -5.62. The van der Waals surface area contributed by atoms with Crippen molar-refractivity contribution in [2.45, 2.75) is 71.1 Å². The first-order chi connectivity index (χ1) is 21.5. The molecular weight excluding hydrogens is 606 g/mol. The van der Waals surface area contributed by atoms with Crippen LogP contribution in [0.3, 0.4) is 0 Å². The second-order valence-corrected chi connectivity index (χ2v) is 12.7. The molecule has 2 fully saturated rings. The molecule has 1 amide bonds. The zero-order valence-electron chi connectivity index (χ0n) is 27.2. The van der Waals surface area contributed by atoms with Gasteiger partial charge in [0.25, 0.3) is 0 Å². The largest absolute Gasteiger partial charge is 0.539 e. The fourth-order valence-electron chi connectivity index (χ4n) is 6.08. The molecule has 4 N–H and O–H groups in total. The average molecular weight is 654 g/mol. The van der Waals surface area contributed by atoms with Crippen LogP contribution in [-0.2, 0) is 36.9 Å². The lowest BCUT2D eigenvalue weighted by Gasteiger charge is -2.39. The molecule has 46 heavy (non-hydrogen) atoms. The molecule has 3 aliphatic rings. The van der Waals surface area contributed by atoms with Gasteiger partial charge in [-0.2, -0.15) is 0 Å². The summed E-state index contributed by atoms with van der Waals surface area (Å²) in [5.41, 5.74) is 2.41. The van der Waals surface area contributed by atoms with Gasteiger partial charge in [0.2, 0.25) is 0 Å². The summed E-state index contributed by atoms with van der Waals surface area (Å²) in [5, 5.41) is 32.6. The summed E-state index contributed by atoms with van der Waals surface area (Å²) in [6, 6.07) is 5.10. The lowest BCUT2D eigenvalue weighted by atomic mass is 9.93. The standard InChI is InChI=1S/C27H43N3O4.2C2H2O4/c1-27(2,3)34-26(31)29-12-8-20(9-13-29)17-28-11-6-7-23(19-28)30-14-10-21-15-24(32-4)25(33-5)16-22(21)18-30;2*3-1(4)2(5)6/h15-16,20,23H,6-14,17-19H2,1-5H3;2*(H,3,4)(H,5,6). The highest BCUT2D eigenvalue weighted by Gasteiger charge is 2.36. The Kier molecular flexibility index (Phi) is 14.5. The molecule has 3 heterocycles. The Morgan fingerprint density at radius 1 is 0.891 bits per heavy atom. The monoisotopic (exact) mass is 653 g/mol.